The van der Waals surface area contributed by atoms with E-state index in [-0.39, 0.29) is 24.1 Å². The minimum Gasteiger partial charge on any atom is -0.330 e. The highest BCUT2D eigenvalue weighted by Crippen LogP contribution is 2.39. The zero-order valence-electron chi connectivity index (χ0n) is 19.1. The van der Waals surface area contributed by atoms with Crippen LogP contribution in [0.15, 0.2) is 60.0 Å². The van der Waals surface area contributed by atoms with E-state index in [1.807, 2.05) is 24.0 Å². The van der Waals surface area contributed by atoms with E-state index in [0.29, 0.717) is 13.1 Å². The third kappa shape index (κ3) is 4.86. The summed E-state index contributed by atoms with van der Waals surface area (Å²) in [5.74, 6) is -1.11. The SMILES string of the molecule is CCCCN(CC(=O)N1CCc2sccc2C1c1ccccc1C)C(=O)c1ccccc1F. The lowest BCUT2D eigenvalue weighted by Crippen LogP contribution is -2.47. The van der Waals surface area contributed by atoms with Gasteiger partial charge in [0.05, 0.1) is 11.6 Å². The van der Waals surface area contributed by atoms with Crippen LogP contribution in [0.3, 0.4) is 0 Å². The molecule has 0 saturated heterocycles. The fourth-order valence-corrected chi connectivity index (χ4v) is 5.38. The molecule has 1 unspecified atom stereocenters. The van der Waals surface area contributed by atoms with E-state index < -0.39 is 11.7 Å². The number of benzene rings is 2. The molecule has 2 amide bonds. The van der Waals surface area contributed by atoms with Gasteiger partial charge in [-0.25, -0.2) is 4.39 Å². The first-order valence-electron chi connectivity index (χ1n) is 11.5. The summed E-state index contributed by atoms with van der Waals surface area (Å²) >= 11 is 1.73. The van der Waals surface area contributed by atoms with Crippen LogP contribution in [0.4, 0.5) is 4.39 Å². The molecule has 0 aliphatic carbocycles. The highest BCUT2D eigenvalue weighted by atomic mass is 32.1. The van der Waals surface area contributed by atoms with Crippen molar-refractivity contribution in [1.82, 2.24) is 9.80 Å². The number of hydrogen-bond donors (Lipinski definition) is 0. The van der Waals surface area contributed by atoms with E-state index in [0.717, 1.165) is 36.0 Å². The monoisotopic (exact) mass is 464 g/mol. The molecule has 33 heavy (non-hydrogen) atoms. The van der Waals surface area contributed by atoms with Gasteiger partial charge in [0.2, 0.25) is 5.91 Å². The van der Waals surface area contributed by atoms with E-state index in [2.05, 4.69) is 30.5 Å². The molecule has 1 atom stereocenters. The van der Waals surface area contributed by atoms with Gasteiger partial charge in [0.15, 0.2) is 0 Å². The van der Waals surface area contributed by atoms with Crippen molar-refractivity contribution in [1.29, 1.82) is 0 Å². The van der Waals surface area contributed by atoms with E-state index in [4.69, 9.17) is 0 Å². The Bertz CT molecular complexity index is 1140. The van der Waals surface area contributed by atoms with Crippen LogP contribution in [0.25, 0.3) is 0 Å². The molecule has 0 bridgehead atoms. The number of hydrogen-bond acceptors (Lipinski definition) is 3. The van der Waals surface area contributed by atoms with Gasteiger partial charge in [0.1, 0.15) is 12.4 Å². The molecular weight excluding hydrogens is 435 g/mol. The van der Waals surface area contributed by atoms with Gasteiger partial charge in [-0.15, -0.1) is 11.3 Å². The van der Waals surface area contributed by atoms with Crippen LogP contribution in [0, 0.1) is 12.7 Å². The Balaban J connectivity index is 1.63. The van der Waals surface area contributed by atoms with Crippen LogP contribution in [0.2, 0.25) is 0 Å². The smallest absolute Gasteiger partial charge is 0.257 e. The molecule has 0 radical (unpaired) electrons. The third-order valence-electron chi connectivity index (χ3n) is 6.27. The van der Waals surface area contributed by atoms with Gasteiger partial charge in [0.25, 0.3) is 5.91 Å². The maximum atomic E-state index is 14.3. The summed E-state index contributed by atoms with van der Waals surface area (Å²) in [4.78, 5) is 31.5. The Morgan fingerprint density at radius 1 is 1.09 bits per heavy atom. The molecule has 0 spiro atoms. The lowest BCUT2D eigenvalue weighted by molar-refractivity contribution is -0.134. The molecule has 2 aromatic carbocycles. The fourth-order valence-electron chi connectivity index (χ4n) is 4.47. The van der Waals surface area contributed by atoms with Crippen LogP contribution in [-0.2, 0) is 11.2 Å². The summed E-state index contributed by atoms with van der Waals surface area (Å²) in [6, 6.07) is 16.0. The molecule has 2 heterocycles. The normalized spacial score (nSPS) is 15.2. The summed E-state index contributed by atoms with van der Waals surface area (Å²) in [5, 5.41) is 2.08. The largest absolute Gasteiger partial charge is 0.330 e. The van der Waals surface area contributed by atoms with Crippen molar-refractivity contribution in [2.75, 3.05) is 19.6 Å². The van der Waals surface area contributed by atoms with E-state index in [9.17, 15) is 14.0 Å². The number of unbranched alkanes of at least 4 members (excludes halogenated alkanes) is 1. The molecule has 1 aliphatic heterocycles. The summed E-state index contributed by atoms with van der Waals surface area (Å²) in [7, 11) is 0. The number of rotatable bonds is 7. The second-order valence-electron chi connectivity index (χ2n) is 8.46. The fraction of sp³-hybridized carbons (Fsp3) is 0.333. The maximum absolute atomic E-state index is 14.3. The average Bonchev–Trinajstić information content (AvgIpc) is 3.30. The average molecular weight is 465 g/mol. The van der Waals surface area contributed by atoms with Crippen molar-refractivity contribution in [2.24, 2.45) is 0 Å². The lowest BCUT2D eigenvalue weighted by Gasteiger charge is -2.38. The molecular formula is C27H29FN2O2S. The highest BCUT2D eigenvalue weighted by molar-refractivity contribution is 7.10. The van der Waals surface area contributed by atoms with Gasteiger partial charge in [-0.1, -0.05) is 49.7 Å². The molecule has 0 saturated carbocycles. The quantitative estimate of drug-likeness (QED) is 0.456. The number of carbonyl (C=O) groups excluding carboxylic acids is 2. The number of fused-ring (bicyclic) bond motifs is 1. The Morgan fingerprint density at radius 2 is 1.85 bits per heavy atom. The lowest BCUT2D eigenvalue weighted by atomic mass is 9.90. The van der Waals surface area contributed by atoms with Crippen molar-refractivity contribution < 1.29 is 14.0 Å². The molecule has 4 rings (SSSR count). The number of nitrogens with zero attached hydrogens (tertiary/aromatic N) is 2. The number of halogens is 1. The molecule has 0 fully saturated rings. The van der Waals surface area contributed by atoms with Crippen LogP contribution in [0.5, 0.6) is 0 Å². The van der Waals surface area contributed by atoms with Gasteiger partial charge in [0, 0.05) is 18.0 Å². The summed E-state index contributed by atoms with van der Waals surface area (Å²) in [6.07, 6.45) is 2.43. The van der Waals surface area contributed by atoms with Crippen molar-refractivity contribution in [3.8, 4) is 0 Å². The predicted octanol–water partition coefficient (Wildman–Crippen LogP) is 5.61. The molecule has 1 aromatic heterocycles. The minimum atomic E-state index is -0.560. The standard InChI is InChI=1S/C27H29FN2O2S/c1-3-4-15-29(27(32)21-11-7-8-12-23(21)28)18-25(31)30-16-13-24-22(14-17-33-24)26(30)20-10-6-5-9-19(20)2/h5-12,14,17,26H,3-4,13,15-16,18H2,1-2H3. The van der Waals surface area contributed by atoms with E-state index in [1.54, 1.807) is 23.5 Å². The van der Waals surface area contributed by atoms with Gasteiger partial charge in [-0.2, -0.15) is 0 Å². The Hall–Kier alpha value is -2.99. The Labute approximate surface area is 198 Å². The Morgan fingerprint density at radius 3 is 2.61 bits per heavy atom. The van der Waals surface area contributed by atoms with Crippen LogP contribution in [0.1, 0.15) is 57.7 Å². The number of carbonyl (C=O) groups is 2. The number of aryl methyl sites for hydroxylation is 1. The summed E-state index contributed by atoms with van der Waals surface area (Å²) in [6.45, 7) is 5.05. The molecule has 1 aliphatic rings. The molecule has 0 N–H and O–H groups in total. The molecule has 172 valence electrons. The number of thiophene rings is 1. The zero-order valence-corrected chi connectivity index (χ0v) is 19.9. The van der Waals surface area contributed by atoms with Crippen molar-refractivity contribution in [2.45, 2.75) is 39.2 Å². The first-order valence-corrected chi connectivity index (χ1v) is 12.3. The first-order chi connectivity index (χ1) is 16.0. The van der Waals surface area contributed by atoms with Crippen molar-refractivity contribution in [3.05, 3.63) is 92.9 Å². The summed E-state index contributed by atoms with van der Waals surface area (Å²) in [5.41, 5.74) is 3.40. The third-order valence-corrected chi connectivity index (χ3v) is 7.26. The molecule has 6 heteroatoms. The van der Waals surface area contributed by atoms with Crippen LogP contribution >= 0.6 is 11.3 Å². The highest BCUT2D eigenvalue weighted by Gasteiger charge is 2.34. The minimum absolute atomic E-state index is 0.00984. The van der Waals surface area contributed by atoms with Crippen molar-refractivity contribution in [3.63, 3.8) is 0 Å². The van der Waals surface area contributed by atoms with Crippen LogP contribution < -0.4 is 0 Å². The second-order valence-corrected chi connectivity index (χ2v) is 9.46. The van der Waals surface area contributed by atoms with Gasteiger partial charge in [-0.3, -0.25) is 9.59 Å². The van der Waals surface area contributed by atoms with E-state index >= 15 is 0 Å². The summed E-state index contributed by atoms with van der Waals surface area (Å²) < 4.78 is 14.3. The van der Waals surface area contributed by atoms with E-state index in [1.165, 1.54) is 21.9 Å². The predicted molar refractivity (Wildman–Crippen MR) is 130 cm³/mol. The van der Waals surface area contributed by atoms with Crippen molar-refractivity contribution >= 4 is 23.2 Å². The first kappa shape index (κ1) is 23.2. The van der Waals surface area contributed by atoms with Crippen LogP contribution in [-0.4, -0.2) is 41.2 Å². The van der Waals surface area contributed by atoms with Gasteiger partial charge < -0.3 is 9.80 Å². The maximum Gasteiger partial charge on any atom is 0.257 e. The molecule has 4 nitrogen and oxygen atoms in total. The van der Waals surface area contributed by atoms with Gasteiger partial charge in [-0.05, 0) is 60.0 Å². The second kappa shape index (κ2) is 10.3. The number of amides is 2. The zero-order chi connectivity index (χ0) is 23.4. The molecule has 3 aromatic rings. The Kier molecular flexibility index (Phi) is 7.23. The topological polar surface area (TPSA) is 40.6 Å². The van der Waals surface area contributed by atoms with Gasteiger partial charge >= 0.3 is 0 Å².